The van der Waals surface area contributed by atoms with Crippen LogP contribution in [0.2, 0.25) is 0 Å². The van der Waals surface area contributed by atoms with Crippen LogP contribution in [-0.2, 0) is 0 Å². The fourth-order valence-electron chi connectivity index (χ4n) is 4.16. The minimum Gasteiger partial charge on any atom is -0.390 e. The molecule has 0 aliphatic carbocycles. The highest BCUT2D eigenvalue weighted by Crippen LogP contribution is 2.46. The number of nitrogens with one attached hydrogen (secondary N) is 1. The standard InChI is InChI=1S/C20H25N4O/c25-14-13-24(17-5-2-1-3-6-17)18-7-4-10-22-20(18)23-19(24)15-16-8-11-21-12-9-16/h1-7,10,16,21,25H,8-9,11-15H2/q+1. The van der Waals surface area contributed by atoms with Crippen molar-refractivity contribution in [3.8, 4) is 0 Å². The molecule has 1 fully saturated rings. The van der Waals surface area contributed by atoms with Gasteiger partial charge < -0.3 is 10.4 Å². The second-order valence-electron chi connectivity index (χ2n) is 6.86. The van der Waals surface area contributed by atoms with Crippen LogP contribution in [0.5, 0.6) is 0 Å². The first kappa shape index (κ1) is 16.4. The number of quaternary nitrogens is 1. The van der Waals surface area contributed by atoms with Gasteiger partial charge in [-0.1, -0.05) is 18.2 Å². The number of nitrogens with zero attached hydrogens (tertiary/aromatic N) is 3. The van der Waals surface area contributed by atoms with Crippen molar-refractivity contribution in [1.29, 1.82) is 0 Å². The predicted octanol–water partition coefficient (Wildman–Crippen LogP) is 3.15. The largest absolute Gasteiger partial charge is 0.390 e. The van der Waals surface area contributed by atoms with E-state index < -0.39 is 0 Å². The number of fused-ring (bicyclic) bond motifs is 1. The zero-order chi connectivity index (χ0) is 17.1. The molecule has 2 N–H and O–H groups in total. The van der Waals surface area contributed by atoms with Crippen LogP contribution in [-0.4, -0.2) is 42.2 Å². The number of aliphatic hydroxyl groups is 1. The minimum absolute atomic E-state index is 0.106. The van der Waals surface area contributed by atoms with E-state index in [2.05, 4.69) is 40.6 Å². The fraction of sp³-hybridized carbons (Fsp3) is 0.400. The first-order valence-corrected chi connectivity index (χ1v) is 9.13. The number of benzene rings is 1. The Balaban J connectivity index is 1.80. The Morgan fingerprint density at radius 2 is 1.88 bits per heavy atom. The molecule has 3 heterocycles. The lowest BCUT2D eigenvalue weighted by atomic mass is 9.93. The minimum atomic E-state index is 0.106. The van der Waals surface area contributed by atoms with Gasteiger partial charge in [-0.3, -0.25) is 0 Å². The van der Waals surface area contributed by atoms with Crippen LogP contribution in [0.15, 0.2) is 53.7 Å². The van der Waals surface area contributed by atoms with Crippen molar-refractivity contribution in [3.63, 3.8) is 0 Å². The molecule has 2 aliphatic rings. The van der Waals surface area contributed by atoms with Gasteiger partial charge in [-0.15, -0.1) is 0 Å². The van der Waals surface area contributed by atoms with E-state index in [4.69, 9.17) is 4.99 Å². The van der Waals surface area contributed by atoms with Gasteiger partial charge in [-0.05, 0) is 37.9 Å². The Bertz CT molecular complexity index is 755. The first-order chi connectivity index (χ1) is 12.3. The number of pyridine rings is 1. The average Bonchev–Trinajstić information content (AvgIpc) is 2.98. The maximum atomic E-state index is 9.90. The molecule has 130 valence electrons. The topological polar surface area (TPSA) is 57.5 Å². The Kier molecular flexibility index (Phi) is 4.61. The SMILES string of the molecule is OCC[N+]1(c2ccccc2)C(CC2CCNCC2)=Nc2ncccc21. The van der Waals surface area contributed by atoms with E-state index in [-0.39, 0.29) is 6.61 Å². The Morgan fingerprint density at radius 3 is 2.64 bits per heavy atom. The van der Waals surface area contributed by atoms with Crippen LogP contribution in [0, 0.1) is 5.92 Å². The molecule has 5 nitrogen and oxygen atoms in total. The quantitative estimate of drug-likeness (QED) is 0.824. The number of hydrogen-bond donors (Lipinski definition) is 2. The summed E-state index contributed by atoms with van der Waals surface area (Å²) in [4.78, 5) is 9.45. The van der Waals surface area contributed by atoms with Gasteiger partial charge in [0.05, 0.1) is 6.61 Å². The normalized spacial score (nSPS) is 23.3. The highest BCUT2D eigenvalue weighted by molar-refractivity contribution is 6.06. The molecule has 2 aliphatic heterocycles. The number of aliphatic imine (C=N–C) groups is 1. The fourth-order valence-corrected chi connectivity index (χ4v) is 4.16. The molecule has 1 atom stereocenters. The zero-order valence-corrected chi connectivity index (χ0v) is 14.4. The van der Waals surface area contributed by atoms with Crippen molar-refractivity contribution >= 4 is 23.0 Å². The summed E-state index contributed by atoms with van der Waals surface area (Å²) in [6.45, 7) is 2.85. The molecular weight excluding hydrogens is 312 g/mol. The monoisotopic (exact) mass is 337 g/mol. The lowest BCUT2D eigenvalue weighted by Gasteiger charge is -2.35. The van der Waals surface area contributed by atoms with E-state index in [1.54, 1.807) is 6.20 Å². The van der Waals surface area contributed by atoms with E-state index in [1.807, 2.05) is 12.1 Å². The number of aromatic nitrogens is 1. The highest BCUT2D eigenvalue weighted by Gasteiger charge is 2.46. The molecule has 1 aromatic carbocycles. The van der Waals surface area contributed by atoms with Gasteiger partial charge in [0.2, 0.25) is 11.7 Å². The van der Waals surface area contributed by atoms with Crippen molar-refractivity contribution in [2.75, 3.05) is 26.2 Å². The summed E-state index contributed by atoms with van der Waals surface area (Å²) < 4.78 is 0.504. The molecule has 1 saturated heterocycles. The van der Waals surface area contributed by atoms with Gasteiger partial charge in [0.15, 0.2) is 5.69 Å². The lowest BCUT2D eigenvalue weighted by Crippen LogP contribution is -2.50. The van der Waals surface area contributed by atoms with E-state index in [1.165, 1.54) is 12.8 Å². The number of hydrogen-bond acceptors (Lipinski definition) is 4. The van der Waals surface area contributed by atoms with Crippen molar-refractivity contribution < 1.29 is 5.11 Å². The van der Waals surface area contributed by atoms with Gasteiger partial charge in [0.1, 0.15) is 12.2 Å². The molecule has 0 spiro atoms. The van der Waals surface area contributed by atoms with Crippen LogP contribution >= 0.6 is 0 Å². The molecule has 1 aromatic heterocycles. The van der Waals surface area contributed by atoms with Crippen LogP contribution in [0.25, 0.3) is 0 Å². The summed E-state index contributed by atoms with van der Waals surface area (Å²) >= 11 is 0. The Labute approximate surface area is 148 Å². The third-order valence-electron chi connectivity index (χ3n) is 5.42. The summed E-state index contributed by atoms with van der Waals surface area (Å²) in [7, 11) is 0. The third-order valence-corrected chi connectivity index (χ3v) is 5.42. The molecule has 0 amide bonds. The molecular formula is C20H25N4O+. The first-order valence-electron chi connectivity index (χ1n) is 9.13. The van der Waals surface area contributed by atoms with E-state index in [0.717, 1.165) is 42.5 Å². The van der Waals surface area contributed by atoms with Gasteiger partial charge in [-0.25, -0.2) is 9.47 Å². The summed E-state index contributed by atoms with van der Waals surface area (Å²) in [6.07, 6.45) is 5.11. The number of amidine groups is 1. The smallest absolute Gasteiger partial charge is 0.220 e. The van der Waals surface area contributed by atoms with E-state index >= 15 is 0 Å². The molecule has 0 radical (unpaired) electrons. The van der Waals surface area contributed by atoms with Gasteiger partial charge in [0, 0.05) is 30.8 Å². The van der Waals surface area contributed by atoms with Crippen molar-refractivity contribution in [3.05, 3.63) is 48.7 Å². The summed E-state index contributed by atoms with van der Waals surface area (Å²) in [5.74, 6) is 2.54. The molecule has 0 bridgehead atoms. The van der Waals surface area contributed by atoms with E-state index in [9.17, 15) is 5.11 Å². The molecule has 1 unspecified atom stereocenters. The maximum absolute atomic E-state index is 9.90. The Hall–Kier alpha value is -2.08. The third kappa shape index (κ3) is 2.88. The van der Waals surface area contributed by atoms with Crippen molar-refractivity contribution in [2.45, 2.75) is 19.3 Å². The van der Waals surface area contributed by atoms with Crippen molar-refractivity contribution in [2.24, 2.45) is 10.9 Å². The molecule has 0 saturated carbocycles. The summed E-state index contributed by atoms with van der Waals surface area (Å²) in [5.41, 5.74) is 2.22. The van der Waals surface area contributed by atoms with Gasteiger partial charge in [-0.2, -0.15) is 4.99 Å². The van der Waals surface area contributed by atoms with Crippen LogP contribution in [0.4, 0.5) is 17.2 Å². The maximum Gasteiger partial charge on any atom is 0.220 e. The highest BCUT2D eigenvalue weighted by atomic mass is 16.3. The number of rotatable bonds is 5. The van der Waals surface area contributed by atoms with Gasteiger partial charge in [0.25, 0.3) is 0 Å². The second kappa shape index (κ2) is 7.04. The van der Waals surface area contributed by atoms with Gasteiger partial charge >= 0.3 is 0 Å². The zero-order valence-electron chi connectivity index (χ0n) is 14.4. The lowest BCUT2D eigenvalue weighted by molar-refractivity contribution is 0.271. The molecule has 4 rings (SSSR count). The summed E-state index contributed by atoms with van der Waals surface area (Å²) in [5, 5.41) is 13.3. The average molecular weight is 337 g/mol. The van der Waals surface area contributed by atoms with E-state index in [0.29, 0.717) is 16.9 Å². The number of aliphatic hydroxyl groups excluding tert-OH is 1. The van der Waals surface area contributed by atoms with Crippen LogP contribution in [0.1, 0.15) is 19.3 Å². The molecule has 2 aromatic rings. The van der Waals surface area contributed by atoms with Crippen molar-refractivity contribution in [1.82, 2.24) is 14.8 Å². The molecule has 25 heavy (non-hydrogen) atoms. The number of para-hydroxylation sites is 1. The van der Waals surface area contributed by atoms with Crippen LogP contribution in [0.3, 0.4) is 0 Å². The predicted molar refractivity (Wildman–Crippen MR) is 101 cm³/mol. The Morgan fingerprint density at radius 1 is 1.08 bits per heavy atom. The summed E-state index contributed by atoms with van der Waals surface area (Å²) in [6, 6.07) is 14.5. The number of piperidine rings is 1. The molecule has 5 heteroatoms. The van der Waals surface area contributed by atoms with Crippen LogP contribution < -0.4 is 9.80 Å². The second-order valence-corrected chi connectivity index (χ2v) is 6.86.